The monoisotopic (exact) mass is 296 g/mol. The standard InChI is InChI=1S/C18H20N2O2/c21-18(20-10-15-8-19-9-16(15)11-20)12-22-17-6-5-13-3-1-2-4-14(13)7-17/h1-7,15-16,19H,8-12H2/t15-,16+. The summed E-state index contributed by atoms with van der Waals surface area (Å²) in [6.07, 6.45) is 0. The van der Waals surface area contributed by atoms with Gasteiger partial charge < -0.3 is 15.0 Å². The molecule has 0 aromatic heterocycles. The predicted octanol–water partition coefficient (Wildman–Crippen LogP) is 1.90. The van der Waals surface area contributed by atoms with Crippen molar-refractivity contribution in [2.75, 3.05) is 32.8 Å². The van der Waals surface area contributed by atoms with E-state index in [1.165, 1.54) is 5.39 Å². The summed E-state index contributed by atoms with van der Waals surface area (Å²) in [5, 5.41) is 5.70. The molecular weight excluding hydrogens is 276 g/mol. The van der Waals surface area contributed by atoms with Crippen LogP contribution in [0.2, 0.25) is 0 Å². The van der Waals surface area contributed by atoms with Gasteiger partial charge in [-0.3, -0.25) is 4.79 Å². The van der Waals surface area contributed by atoms with Crippen molar-refractivity contribution in [3.8, 4) is 5.75 Å². The first-order chi connectivity index (χ1) is 10.8. The predicted molar refractivity (Wildman–Crippen MR) is 85.9 cm³/mol. The molecule has 2 heterocycles. The van der Waals surface area contributed by atoms with Crippen LogP contribution >= 0.6 is 0 Å². The summed E-state index contributed by atoms with van der Waals surface area (Å²) in [4.78, 5) is 14.2. The number of carbonyl (C=O) groups excluding carboxylic acids is 1. The molecule has 0 bridgehead atoms. The number of fused-ring (bicyclic) bond motifs is 2. The highest BCUT2D eigenvalue weighted by Gasteiger charge is 2.37. The number of nitrogens with one attached hydrogen (secondary N) is 1. The van der Waals surface area contributed by atoms with Crippen molar-refractivity contribution in [1.82, 2.24) is 10.2 Å². The molecule has 2 aromatic carbocycles. The Hall–Kier alpha value is -2.07. The van der Waals surface area contributed by atoms with Gasteiger partial charge in [-0.25, -0.2) is 0 Å². The topological polar surface area (TPSA) is 41.6 Å². The van der Waals surface area contributed by atoms with Crippen LogP contribution in [0.3, 0.4) is 0 Å². The molecule has 2 aliphatic rings. The van der Waals surface area contributed by atoms with Crippen LogP contribution in [0.5, 0.6) is 5.75 Å². The second-order valence-electron chi connectivity index (χ2n) is 6.27. The summed E-state index contributed by atoms with van der Waals surface area (Å²) in [5.74, 6) is 2.12. The maximum absolute atomic E-state index is 12.3. The van der Waals surface area contributed by atoms with E-state index in [-0.39, 0.29) is 12.5 Å². The minimum absolute atomic E-state index is 0.0996. The first kappa shape index (κ1) is 13.6. The molecule has 1 N–H and O–H groups in total. The molecule has 0 saturated carbocycles. The number of carbonyl (C=O) groups is 1. The minimum atomic E-state index is 0.0996. The smallest absolute Gasteiger partial charge is 0.260 e. The fraction of sp³-hybridized carbons (Fsp3) is 0.389. The van der Waals surface area contributed by atoms with Crippen molar-refractivity contribution in [3.05, 3.63) is 42.5 Å². The second kappa shape index (κ2) is 5.61. The van der Waals surface area contributed by atoms with Crippen molar-refractivity contribution in [1.29, 1.82) is 0 Å². The van der Waals surface area contributed by atoms with Crippen LogP contribution in [0.4, 0.5) is 0 Å². The van der Waals surface area contributed by atoms with E-state index in [1.54, 1.807) is 0 Å². The zero-order chi connectivity index (χ0) is 14.9. The number of benzene rings is 2. The maximum atomic E-state index is 12.3. The molecule has 22 heavy (non-hydrogen) atoms. The number of hydrogen-bond acceptors (Lipinski definition) is 3. The van der Waals surface area contributed by atoms with E-state index in [9.17, 15) is 4.79 Å². The molecule has 0 aliphatic carbocycles. The summed E-state index contributed by atoms with van der Waals surface area (Å²) >= 11 is 0. The molecular formula is C18H20N2O2. The van der Waals surface area contributed by atoms with Gasteiger partial charge in [0.25, 0.3) is 5.91 Å². The lowest BCUT2D eigenvalue weighted by Gasteiger charge is -2.17. The van der Waals surface area contributed by atoms with Crippen molar-refractivity contribution in [2.45, 2.75) is 0 Å². The molecule has 4 heteroatoms. The zero-order valence-electron chi connectivity index (χ0n) is 12.5. The highest BCUT2D eigenvalue weighted by atomic mass is 16.5. The van der Waals surface area contributed by atoms with E-state index >= 15 is 0 Å². The Morgan fingerprint density at radius 1 is 1.09 bits per heavy atom. The van der Waals surface area contributed by atoms with Crippen LogP contribution in [0, 0.1) is 11.8 Å². The van der Waals surface area contributed by atoms with Crippen LogP contribution < -0.4 is 10.1 Å². The van der Waals surface area contributed by atoms with Gasteiger partial charge in [-0.15, -0.1) is 0 Å². The minimum Gasteiger partial charge on any atom is -0.484 e. The molecule has 2 atom stereocenters. The van der Waals surface area contributed by atoms with Crippen molar-refractivity contribution < 1.29 is 9.53 Å². The Morgan fingerprint density at radius 2 is 1.82 bits per heavy atom. The molecule has 1 amide bonds. The van der Waals surface area contributed by atoms with Gasteiger partial charge in [-0.2, -0.15) is 0 Å². The molecule has 0 spiro atoms. The molecule has 0 radical (unpaired) electrons. The van der Waals surface area contributed by atoms with E-state index in [1.807, 2.05) is 35.2 Å². The summed E-state index contributed by atoms with van der Waals surface area (Å²) in [6, 6.07) is 14.1. The molecule has 2 aromatic rings. The zero-order valence-corrected chi connectivity index (χ0v) is 12.5. The fourth-order valence-electron chi connectivity index (χ4n) is 3.55. The molecule has 2 saturated heterocycles. The van der Waals surface area contributed by atoms with E-state index in [0.717, 1.165) is 37.3 Å². The Labute approximate surface area is 130 Å². The second-order valence-corrected chi connectivity index (χ2v) is 6.27. The van der Waals surface area contributed by atoms with Crippen LogP contribution in [0.25, 0.3) is 10.8 Å². The van der Waals surface area contributed by atoms with Crippen molar-refractivity contribution in [2.24, 2.45) is 11.8 Å². The Kier molecular flexibility index (Phi) is 3.47. The third kappa shape index (κ3) is 2.55. The van der Waals surface area contributed by atoms with Crippen LogP contribution in [0.15, 0.2) is 42.5 Å². The first-order valence-corrected chi connectivity index (χ1v) is 7.90. The number of likely N-dealkylation sites (tertiary alicyclic amines) is 1. The molecule has 4 nitrogen and oxygen atoms in total. The number of rotatable bonds is 3. The van der Waals surface area contributed by atoms with Crippen molar-refractivity contribution in [3.63, 3.8) is 0 Å². The average molecular weight is 296 g/mol. The van der Waals surface area contributed by atoms with Gasteiger partial charge in [-0.1, -0.05) is 30.3 Å². The van der Waals surface area contributed by atoms with E-state index in [4.69, 9.17) is 4.74 Å². The lowest BCUT2D eigenvalue weighted by atomic mass is 10.0. The highest BCUT2D eigenvalue weighted by molar-refractivity contribution is 5.84. The van der Waals surface area contributed by atoms with Gasteiger partial charge in [0.15, 0.2) is 6.61 Å². The number of amides is 1. The van der Waals surface area contributed by atoms with Gasteiger partial charge in [-0.05, 0) is 34.7 Å². The summed E-state index contributed by atoms with van der Waals surface area (Å²) in [6.45, 7) is 3.96. The molecule has 0 unspecified atom stereocenters. The third-order valence-corrected chi connectivity index (χ3v) is 4.83. The third-order valence-electron chi connectivity index (χ3n) is 4.83. The van der Waals surface area contributed by atoms with Crippen LogP contribution in [-0.2, 0) is 4.79 Å². The average Bonchev–Trinajstić information content (AvgIpc) is 3.14. The first-order valence-electron chi connectivity index (χ1n) is 7.90. The maximum Gasteiger partial charge on any atom is 0.260 e. The van der Waals surface area contributed by atoms with Gasteiger partial charge in [0.05, 0.1) is 0 Å². The normalized spacial score (nSPS) is 23.7. The highest BCUT2D eigenvalue weighted by Crippen LogP contribution is 2.26. The Balaban J connectivity index is 1.38. The van der Waals surface area contributed by atoms with Crippen LogP contribution in [-0.4, -0.2) is 43.6 Å². The lowest BCUT2D eigenvalue weighted by Crippen LogP contribution is -2.35. The van der Waals surface area contributed by atoms with E-state index < -0.39 is 0 Å². The SMILES string of the molecule is O=C(COc1ccc2ccccc2c1)N1C[C@H]2CNC[C@H]2C1. The fourth-order valence-corrected chi connectivity index (χ4v) is 3.55. The molecule has 4 rings (SSSR count). The van der Waals surface area contributed by atoms with Gasteiger partial charge in [0.2, 0.25) is 0 Å². The van der Waals surface area contributed by atoms with E-state index in [0.29, 0.717) is 11.8 Å². The molecule has 2 aliphatic heterocycles. The number of hydrogen-bond donors (Lipinski definition) is 1. The lowest BCUT2D eigenvalue weighted by molar-refractivity contribution is -0.132. The molecule has 114 valence electrons. The Morgan fingerprint density at radius 3 is 2.59 bits per heavy atom. The Bertz CT molecular complexity index is 688. The summed E-state index contributed by atoms with van der Waals surface area (Å²) < 4.78 is 5.70. The van der Waals surface area contributed by atoms with Crippen molar-refractivity contribution >= 4 is 16.7 Å². The van der Waals surface area contributed by atoms with E-state index in [2.05, 4.69) is 17.4 Å². The number of ether oxygens (including phenoxy) is 1. The largest absolute Gasteiger partial charge is 0.484 e. The van der Waals surface area contributed by atoms with Crippen LogP contribution in [0.1, 0.15) is 0 Å². The number of nitrogens with zero attached hydrogens (tertiary/aromatic N) is 1. The van der Waals surface area contributed by atoms with Gasteiger partial charge in [0.1, 0.15) is 5.75 Å². The summed E-state index contributed by atoms with van der Waals surface area (Å²) in [7, 11) is 0. The quantitative estimate of drug-likeness (QED) is 0.940. The summed E-state index contributed by atoms with van der Waals surface area (Å²) in [5.41, 5.74) is 0. The van der Waals surface area contributed by atoms with Gasteiger partial charge in [0, 0.05) is 26.2 Å². The molecule has 2 fully saturated rings. The van der Waals surface area contributed by atoms with Gasteiger partial charge >= 0.3 is 0 Å².